The number of hydrogen-bond acceptors (Lipinski definition) is 3. The summed E-state index contributed by atoms with van der Waals surface area (Å²) < 4.78 is 0. The van der Waals surface area contributed by atoms with Gasteiger partial charge in [-0.05, 0) is 12.0 Å². The minimum Gasteiger partial charge on any atom is -0.324 e. The van der Waals surface area contributed by atoms with Crippen LogP contribution in [0.1, 0.15) is 18.0 Å². The van der Waals surface area contributed by atoms with E-state index >= 15 is 0 Å². The van der Waals surface area contributed by atoms with E-state index in [4.69, 9.17) is 5.73 Å². The van der Waals surface area contributed by atoms with Crippen molar-refractivity contribution in [3.63, 3.8) is 0 Å². The lowest BCUT2D eigenvalue weighted by molar-refractivity contribution is -0.384. The van der Waals surface area contributed by atoms with Crippen molar-refractivity contribution in [2.24, 2.45) is 5.73 Å². The van der Waals surface area contributed by atoms with Crippen LogP contribution in [0.25, 0.3) is 0 Å². The van der Waals surface area contributed by atoms with Crippen molar-refractivity contribution in [2.45, 2.75) is 12.5 Å². The zero-order valence-electron chi connectivity index (χ0n) is 8.13. The number of benzene rings is 1. The van der Waals surface area contributed by atoms with E-state index in [0.717, 1.165) is 5.56 Å². The number of nitrogens with two attached hydrogens (primary N) is 1. The Hall–Kier alpha value is -1.39. The topological polar surface area (TPSA) is 69.2 Å². The highest BCUT2D eigenvalue weighted by Crippen LogP contribution is 2.18. The maximum atomic E-state index is 10.4. The first-order chi connectivity index (χ1) is 6.65. The number of rotatable bonds is 4. The first-order valence-corrected chi connectivity index (χ1v) is 4.26. The van der Waals surface area contributed by atoms with E-state index in [1.54, 1.807) is 18.2 Å². The normalized spacial score (nSPS) is 11.3. The van der Waals surface area contributed by atoms with Gasteiger partial charge >= 0.3 is 0 Å². The molecule has 5 heteroatoms. The average Bonchev–Trinajstić information content (AvgIpc) is 2.18. The van der Waals surface area contributed by atoms with Gasteiger partial charge in [-0.15, -0.1) is 19.0 Å². The fourth-order valence-corrected chi connectivity index (χ4v) is 1.16. The molecule has 1 atom stereocenters. The fourth-order valence-electron chi connectivity index (χ4n) is 1.16. The lowest BCUT2D eigenvalue weighted by atomic mass is 10.0. The van der Waals surface area contributed by atoms with E-state index in [1.807, 2.05) is 0 Å². The van der Waals surface area contributed by atoms with E-state index < -0.39 is 4.92 Å². The maximum absolute atomic E-state index is 10.4. The van der Waals surface area contributed by atoms with E-state index in [1.165, 1.54) is 12.1 Å². The van der Waals surface area contributed by atoms with Crippen molar-refractivity contribution >= 4 is 18.1 Å². The Bertz CT molecular complexity index is 338. The van der Waals surface area contributed by atoms with Crippen LogP contribution in [0.5, 0.6) is 0 Å². The smallest absolute Gasteiger partial charge is 0.269 e. The van der Waals surface area contributed by atoms with Crippen LogP contribution in [-0.4, -0.2) is 4.92 Å². The van der Waals surface area contributed by atoms with Crippen molar-refractivity contribution in [2.75, 3.05) is 0 Å². The van der Waals surface area contributed by atoms with Crippen LogP contribution < -0.4 is 5.73 Å². The molecule has 0 fully saturated rings. The molecule has 0 aliphatic heterocycles. The SMILES string of the molecule is C=CC[C@@H](N)c1ccc([N+](=O)[O-])cc1.Cl. The third kappa shape index (κ3) is 3.69. The first kappa shape index (κ1) is 13.6. The average molecular weight is 229 g/mol. The van der Waals surface area contributed by atoms with Crippen LogP contribution in [-0.2, 0) is 0 Å². The minimum atomic E-state index is -0.428. The van der Waals surface area contributed by atoms with Gasteiger partial charge in [0.2, 0.25) is 0 Å². The van der Waals surface area contributed by atoms with Gasteiger partial charge in [0, 0.05) is 18.2 Å². The molecule has 1 aromatic carbocycles. The quantitative estimate of drug-likeness (QED) is 0.489. The van der Waals surface area contributed by atoms with E-state index in [0.29, 0.717) is 6.42 Å². The zero-order valence-corrected chi connectivity index (χ0v) is 8.94. The first-order valence-electron chi connectivity index (χ1n) is 4.26. The molecule has 0 saturated heterocycles. The van der Waals surface area contributed by atoms with Gasteiger partial charge in [-0.3, -0.25) is 10.1 Å². The summed E-state index contributed by atoms with van der Waals surface area (Å²) in [6.07, 6.45) is 2.39. The molecule has 0 spiro atoms. The summed E-state index contributed by atoms with van der Waals surface area (Å²) in [7, 11) is 0. The van der Waals surface area contributed by atoms with Gasteiger partial charge in [0.15, 0.2) is 0 Å². The number of nitro groups is 1. The van der Waals surface area contributed by atoms with Crippen LogP contribution in [0.2, 0.25) is 0 Å². The van der Waals surface area contributed by atoms with Gasteiger partial charge < -0.3 is 5.73 Å². The van der Waals surface area contributed by atoms with Crippen molar-refractivity contribution in [1.82, 2.24) is 0 Å². The third-order valence-corrected chi connectivity index (χ3v) is 1.95. The fraction of sp³-hybridized carbons (Fsp3) is 0.200. The van der Waals surface area contributed by atoms with Gasteiger partial charge in [0.25, 0.3) is 5.69 Å². The monoisotopic (exact) mass is 228 g/mol. The highest BCUT2D eigenvalue weighted by molar-refractivity contribution is 5.85. The predicted octanol–water partition coefficient (Wildman–Crippen LogP) is 2.59. The lowest BCUT2D eigenvalue weighted by Gasteiger charge is -2.08. The second-order valence-corrected chi connectivity index (χ2v) is 2.98. The van der Waals surface area contributed by atoms with Crippen LogP contribution in [0.15, 0.2) is 36.9 Å². The molecule has 1 rings (SSSR count). The maximum Gasteiger partial charge on any atom is 0.269 e. The Labute approximate surface area is 94.3 Å². The van der Waals surface area contributed by atoms with Gasteiger partial charge in [0.05, 0.1) is 4.92 Å². The summed E-state index contributed by atoms with van der Waals surface area (Å²) in [5.41, 5.74) is 6.76. The molecule has 1 aromatic rings. The second kappa shape index (κ2) is 6.16. The highest BCUT2D eigenvalue weighted by Gasteiger charge is 2.07. The Kier molecular flexibility index (Phi) is 5.59. The molecule has 0 amide bonds. The van der Waals surface area contributed by atoms with Gasteiger partial charge in [-0.25, -0.2) is 0 Å². The predicted molar refractivity (Wildman–Crippen MR) is 62.1 cm³/mol. The van der Waals surface area contributed by atoms with Crippen LogP contribution in [0.3, 0.4) is 0 Å². The van der Waals surface area contributed by atoms with Crippen molar-refractivity contribution in [1.29, 1.82) is 0 Å². The van der Waals surface area contributed by atoms with Crippen LogP contribution in [0, 0.1) is 10.1 Å². The molecule has 0 aliphatic rings. The highest BCUT2D eigenvalue weighted by atomic mass is 35.5. The summed E-state index contributed by atoms with van der Waals surface area (Å²) in [4.78, 5) is 9.94. The summed E-state index contributed by atoms with van der Waals surface area (Å²) >= 11 is 0. The van der Waals surface area contributed by atoms with Crippen LogP contribution in [0.4, 0.5) is 5.69 Å². The standard InChI is InChI=1S/C10H12N2O2.ClH/c1-2-3-10(11)8-4-6-9(7-5-8)12(13)14;/h2,4-7,10H,1,3,11H2;1H/t10-;/m1./s1. The van der Waals surface area contributed by atoms with Gasteiger partial charge in [-0.1, -0.05) is 18.2 Å². The van der Waals surface area contributed by atoms with E-state index in [2.05, 4.69) is 6.58 Å². The zero-order chi connectivity index (χ0) is 10.6. The number of hydrogen-bond donors (Lipinski definition) is 1. The van der Waals surface area contributed by atoms with E-state index in [-0.39, 0.29) is 24.1 Å². The Morgan fingerprint density at radius 1 is 1.47 bits per heavy atom. The molecular formula is C10H13ClN2O2. The molecular weight excluding hydrogens is 216 g/mol. The summed E-state index contributed by atoms with van der Waals surface area (Å²) in [5.74, 6) is 0. The molecule has 82 valence electrons. The largest absolute Gasteiger partial charge is 0.324 e. The molecule has 0 unspecified atom stereocenters. The summed E-state index contributed by atoms with van der Waals surface area (Å²) in [6.45, 7) is 3.58. The molecule has 4 nitrogen and oxygen atoms in total. The molecule has 0 heterocycles. The molecule has 2 N–H and O–H groups in total. The number of non-ortho nitro benzene ring substituents is 1. The Morgan fingerprint density at radius 3 is 2.40 bits per heavy atom. The minimum absolute atomic E-state index is 0. The molecule has 0 radical (unpaired) electrons. The Morgan fingerprint density at radius 2 is 2.00 bits per heavy atom. The Balaban J connectivity index is 0.00000196. The van der Waals surface area contributed by atoms with Crippen LogP contribution >= 0.6 is 12.4 Å². The van der Waals surface area contributed by atoms with Crippen molar-refractivity contribution in [3.05, 3.63) is 52.6 Å². The number of halogens is 1. The van der Waals surface area contributed by atoms with Gasteiger partial charge in [-0.2, -0.15) is 0 Å². The molecule has 0 aromatic heterocycles. The molecule has 0 bridgehead atoms. The summed E-state index contributed by atoms with van der Waals surface area (Å²) in [5, 5.41) is 10.4. The lowest BCUT2D eigenvalue weighted by Crippen LogP contribution is -2.08. The summed E-state index contributed by atoms with van der Waals surface area (Å²) in [6, 6.07) is 6.13. The second-order valence-electron chi connectivity index (χ2n) is 2.98. The van der Waals surface area contributed by atoms with E-state index in [9.17, 15) is 10.1 Å². The molecule has 0 aliphatic carbocycles. The number of nitrogens with zero attached hydrogens (tertiary/aromatic N) is 1. The third-order valence-electron chi connectivity index (χ3n) is 1.95. The van der Waals surface area contributed by atoms with Crippen molar-refractivity contribution < 1.29 is 4.92 Å². The number of nitro benzene ring substituents is 1. The molecule has 0 saturated carbocycles. The van der Waals surface area contributed by atoms with Gasteiger partial charge in [0.1, 0.15) is 0 Å². The van der Waals surface area contributed by atoms with Crippen molar-refractivity contribution in [3.8, 4) is 0 Å². The molecule has 15 heavy (non-hydrogen) atoms.